The van der Waals surface area contributed by atoms with Gasteiger partial charge in [-0.3, -0.25) is 9.59 Å². The Morgan fingerprint density at radius 1 is 0.561 bits per heavy atom. The minimum Gasteiger partial charge on any atom is -0.479 e. The zero-order valence-corrected chi connectivity index (χ0v) is 35.6. The normalized spacial score (nSPS) is 20.5. The van der Waals surface area contributed by atoms with E-state index in [0.717, 1.165) is 70.6 Å². The summed E-state index contributed by atoms with van der Waals surface area (Å²) in [5.74, 6) is -2.46. The molecule has 1 heterocycles. The zero-order chi connectivity index (χ0) is 41.8. The maximum absolute atomic E-state index is 12.8. The van der Waals surface area contributed by atoms with Gasteiger partial charge in [-0.1, -0.05) is 166 Å². The number of hydrogen-bond acceptors (Lipinski definition) is 10. The van der Waals surface area contributed by atoms with Gasteiger partial charge in [0.05, 0.1) is 6.61 Å². The number of hydrogen-bond donors (Lipinski definition) is 4. The molecule has 0 aromatic rings. The Morgan fingerprint density at radius 3 is 1.56 bits per heavy atom. The minimum atomic E-state index is -1.86. The second-order valence-corrected chi connectivity index (χ2v) is 15.5. The summed E-state index contributed by atoms with van der Waals surface area (Å²) in [5, 5.41) is 39.8. The van der Waals surface area contributed by atoms with Crippen LogP contribution in [0.3, 0.4) is 0 Å². The van der Waals surface area contributed by atoms with Gasteiger partial charge in [-0.2, -0.15) is 0 Å². The summed E-state index contributed by atoms with van der Waals surface area (Å²) in [5.41, 5.74) is 0. The van der Waals surface area contributed by atoms with Crippen molar-refractivity contribution in [2.45, 2.75) is 224 Å². The molecule has 1 rings (SSSR count). The molecule has 1 aliphatic heterocycles. The average Bonchev–Trinajstić information content (AvgIpc) is 3.19. The fraction of sp³-hybridized carbons (Fsp3) is 0.804. The molecule has 0 spiro atoms. The Balaban J connectivity index is 2.37. The van der Waals surface area contributed by atoms with E-state index in [0.29, 0.717) is 12.8 Å². The Hall–Kier alpha value is -2.57. The van der Waals surface area contributed by atoms with Gasteiger partial charge < -0.3 is 39.4 Å². The third kappa shape index (κ3) is 28.5. The molecule has 6 atom stereocenters. The van der Waals surface area contributed by atoms with E-state index < -0.39 is 61.3 Å². The number of carboxylic acids is 1. The summed E-state index contributed by atoms with van der Waals surface area (Å²) >= 11 is 0. The third-order valence-corrected chi connectivity index (χ3v) is 10.3. The van der Waals surface area contributed by atoms with Crippen LogP contribution in [0.5, 0.6) is 0 Å². The number of unbranched alkanes of at least 4 members (excludes halogenated alkanes) is 20. The van der Waals surface area contributed by atoms with Crippen molar-refractivity contribution in [1.29, 1.82) is 0 Å². The standard InChI is InChI=1S/C46H80O11/c1-3-5-7-9-11-13-15-17-19-21-23-25-27-29-31-33-35-40(48)56-38(37-55-46-43(51)41(49)42(50)44(57-46)45(52)53)36-54-39(47)34-32-30-28-26-24-22-20-18-16-14-12-10-8-6-4-2/h6,8,12,14,18,20,38,41-44,46,49-51H,3-5,7,9-11,13,15-17,19,21-37H2,1-2H3,(H,52,53)/b8-6-,14-12-,20-18-. The number of carbonyl (C=O) groups excluding carboxylic acids is 2. The molecular weight excluding hydrogens is 728 g/mol. The van der Waals surface area contributed by atoms with Crippen molar-refractivity contribution >= 4 is 17.9 Å². The maximum atomic E-state index is 12.8. The first-order valence-electron chi connectivity index (χ1n) is 22.5. The summed E-state index contributed by atoms with van der Waals surface area (Å²) < 4.78 is 21.7. The largest absolute Gasteiger partial charge is 0.479 e. The van der Waals surface area contributed by atoms with Crippen LogP contribution in [0.2, 0.25) is 0 Å². The highest BCUT2D eigenvalue weighted by Crippen LogP contribution is 2.23. The summed E-state index contributed by atoms with van der Waals surface area (Å²) in [6, 6.07) is 0. The van der Waals surface area contributed by atoms with Gasteiger partial charge in [-0.15, -0.1) is 0 Å². The van der Waals surface area contributed by atoms with E-state index in [9.17, 15) is 34.8 Å². The summed E-state index contributed by atoms with van der Waals surface area (Å²) in [4.78, 5) is 36.8. The smallest absolute Gasteiger partial charge is 0.335 e. The molecule has 11 heteroatoms. The number of aliphatic hydroxyl groups excluding tert-OH is 3. The lowest BCUT2D eigenvalue weighted by molar-refractivity contribution is -0.298. The molecule has 4 N–H and O–H groups in total. The lowest BCUT2D eigenvalue weighted by Crippen LogP contribution is -2.60. The fourth-order valence-corrected chi connectivity index (χ4v) is 6.72. The van der Waals surface area contributed by atoms with Crippen molar-refractivity contribution < 1.29 is 53.8 Å². The average molecular weight is 809 g/mol. The Labute approximate surface area is 344 Å². The van der Waals surface area contributed by atoms with Gasteiger partial charge in [0.25, 0.3) is 0 Å². The number of carboxylic acid groups (broad SMARTS) is 1. The van der Waals surface area contributed by atoms with Crippen LogP contribution < -0.4 is 0 Å². The van der Waals surface area contributed by atoms with E-state index in [2.05, 4.69) is 50.3 Å². The Bertz CT molecular complexity index is 1090. The molecule has 0 aromatic carbocycles. The molecule has 0 saturated carbocycles. The van der Waals surface area contributed by atoms with Crippen LogP contribution in [0.4, 0.5) is 0 Å². The minimum absolute atomic E-state index is 0.182. The number of aliphatic hydroxyl groups is 3. The quantitative estimate of drug-likeness (QED) is 0.0268. The molecule has 11 nitrogen and oxygen atoms in total. The van der Waals surface area contributed by atoms with Crippen molar-refractivity contribution in [2.24, 2.45) is 0 Å². The highest BCUT2D eigenvalue weighted by atomic mass is 16.7. The van der Waals surface area contributed by atoms with Gasteiger partial charge in [0.2, 0.25) is 0 Å². The highest BCUT2D eigenvalue weighted by molar-refractivity contribution is 5.73. The molecule has 0 aliphatic carbocycles. The molecule has 0 amide bonds. The molecule has 1 saturated heterocycles. The fourth-order valence-electron chi connectivity index (χ4n) is 6.72. The van der Waals surface area contributed by atoms with Crippen LogP contribution in [-0.4, -0.2) is 88.4 Å². The van der Waals surface area contributed by atoms with E-state index in [1.54, 1.807) is 0 Å². The second-order valence-electron chi connectivity index (χ2n) is 15.5. The monoisotopic (exact) mass is 809 g/mol. The predicted molar refractivity (Wildman–Crippen MR) is 225 cm³/mol. The van der Waals surface area contributed by atoms with Crippen molar-refractivity contribution in [2.75, 3.05) is 13.2 Å². The van der Waals surface area contributed by atoms with Crippen LogP contribution in [0.25, 0.3) is 0 Å². The molecular formula is C46H80O11. The molecule has 6 unspecified atom stereocenters. The zero-order valence-electron chi connectivity index (χ0n) is 35.6. The van der Waals surface area contributed by atoms with Crippen molar-refractivity contribution in [3.63, 3.8) is 0 Å². The van der Waals surface area contributed by atoms with Crippen molar-refractivity contribution in [3.05, 3.63) is 36.5 Å². The number of allylic oxidation sites excluding steroid dienone is 6. The molecule has 1 aliphatic rings. The third-order valence-electron chi connectivity index (χ3n) is 10.3. The number of aliphatic carboxylic acids is 1. The molecule has 57 heavy (non-hydrogen) atoms. The van der Waals surface area contributed by atoms with Crippen molar-refractivity contribution in [3.8, 4) is 0 Å². The maximum Gasteiger partial charge on any atom is 0.335 e. The second kappa shape index (κ2) is 36.5. The lowest BCUT2D eigenvalue weighted by atomic mass is 9.99. The van der Waals surface area contributed by atoms with Gasteiger partial charge in [0.15, 0.2) is 18.5 Å². The topological polar surface area (TPSA) is 169 Å². The van der Waals surface area contributed by atoms with Gasteiger partial charge in [-0.25, -0.2) is 4.79 Å². The number of esters is 2. The van der Waals surface area contributed by atoms with Crippen molar-refractivity contribution in [1.82, 2.24) is 0 Å². The van der Waals surface area contributed by atoms with Gasteiger partial charge in [0, 0.05) is 12.8 Å². The summed E-state index contributed by atoms with van der Waals surface area (Å²) in [7, 11) is 0. The van der Waals surface area contributed by atoms with E-state index >= 15 is 0 Å². The van der Waals surface area contributed by atoms with E-state index in [1.165, 1.54) is 77.0 Å². The Kier molecular flexibility index (Phi) is 33.6. The molecule has 0 bridgehead atoms. The van der Waals surface area contributed by atoms with Crippen LogP contribution in [0.1, 0.15) is 187 Å². The van der Waals surface area contributed by atoms with Crippen LogP contribution in [0.15, 0.2) is 36.5 Å². The Morgan fingerprint density at radius 2 is 1.04 bits per heavy atom. The van der Waals surface area contributed by atoms with Crippen LogP contribution in [-0.2, 0) is 33.3 Å². The van der Waals surface area contributed by atoms with Crippen LogP contribution in [0, 0.1) is 0 Å². The van der Waals surface area contributed by atoms with E-state index in [1.807, 2.05) is 0 Å². The predicted octanol–water partition coefficient (Wildman–Crippen LogP) is 9.59. The van der Waals surface area contributed by atoms with Gasteiger partial charge in [0.1, 0.15) is 24.9 Å². The molecule has 0 radical (unpaired) electrons. The summed E-state index contributed by atoms with van der Waals surface area (Å²) in [6.07, 6.45) is 31.9. The first kappa shape index (κ1) is 52.4. The first-order valence-corrected chi connectivity index (χ1v) is 22.5. The number of ether oxygens (including phenoxy) is 4. The van der Waals surface area contributed by atoms with Gasteiger partial charge in [-0.05, 0) is 44.9 Å². The lowest BCUT2D eigenvalue weighted by Gasteiger charge is -2.38. The first-order chi connectivity index (χ1) is 27.7. The SMILES string of the molecule is CC/C=C\C/C=C\C/C=C\CCCCCCCC(=O)OCC(COC1OC(C(=O)O)C(O)C(O)C1O)OC(=O)CCCCCCCCCCCCCCCCCC. The van der Waals surface area contributed by atoms with E-state index in [4.69, 9.17) is 18.9 Å². The van der Waals surface area contributed by atoms with Crippen LogP contribution >= 0.6 is 0 Å². The van der Waals surface area contributed by atoms with Gasteiger partial charge >= 0.3 is 17.9 Å². The molecule has 330 valence electrons. The number of carbonyl (C=O) groups is 3. The molecule has 1 fully saturated rings. The molecule has 0 aromatic heterocycles. The highest BCUT2D eigenvalue weighted by Gasteiger charge is 2.47. The number of rotatable bonds is 37. The summed E-state index contributed by atoms with van der Waals surface area (Å²) in [6.45, 7) is 3.69. The van der Waals surface area contributed by atoms with E-state index in [-0.39, 0.29) is 19.4 Å².